The van der Waals surface area contributed by atoms with E-state index >= 15 is 0 Å². The summed E-state index contributed by atoms with van der Waals surface area (Å²) in [4.78, 5) is 0. The Hall–Kier alpha value is -1.69. The van der Waals surface area contributed by atoms with E-state index in [4.69, 9.17) is 5.26 Å². The van der Waals surface area contributed by atoms with E-state index in [0.29, 0.717) is 6.71 Å². The summed E-state index contributed by atoms with van der Waals surface area (Å²) < 4.78 is 2.45. The van der Waals surface area contributed by atoms with Gasteiger partial charge in [0.1, 0.15) is 0 Å². The molecule has 0 radical (unpaired) electrons. The van der Waals surface area contributed by atoms with Crippen molar-refractivity contribution >= 4 is 17.6 Å². The van der Waals surface area contributed by atoms with Gasteiger partial charge in [0.25, 0.3) is 6.71 Å². The minimum atomic E-state index is 0.304. The molecule has 0 aliphatic carbocycles. The summed E-state index contributed by atoms with van der Waals surface area (Å²) in [6.07, 6.45) is 4.56. The fourth-order valence-electron chi connectivity index (χ4n) is 3.32. The second-order valence-corrected chi connectivity index (χ2v) is 5.80. The number of rotatable bonds is 2. The lowest BCUT2D eigenvalue weighted by Gasteiger charge is -2.24. The van der Waals surface area contributed by atoms with Gasteiger partial charge in [-0.2, -0.15) is 0 Å². The Bertz CT molecular complexity index is 615. The maximum absolute atomic E-state index is 8.96. The molecule has 0 spiro atoms. The van der Waals surface area contributed by atoms with Gasteiger partial charge in [0.2, 0.25) is 0 Å². The summed E-state index contributed by atoms with van der Waals surface area (Å²) in [7, 11) is 0. The van der Waals surface area contributed by atoms with Gasteiger partial charge in [0.05, 0.1) is 0 Å². The second kappa shape index (κ2) is 5.13. The predicted molar refractivity (Wildman–Crippen MR) is 80.4 cm³/mol. The Kier molecular flexibility index (Phi) is 3.33. The summed E-state index contributed by atoms with van der Waals surface area (Å²) in [6.45, 7) is 3.61. The molecule has 0 unspecified atom stereocenters. The molecule has 0 amide bonds. The normalized spacial score (nSPS) is 16.7. The topological polar surface area (TPSA) is 28.7 Å². The molecule has 2 heterocycles. The van der Waals surface area contributed by atoms with Crippen molar-refractivity contribution in [1.82, 2.24) is 4.57 Å². The third-order valence-corrected chi connectivity index (χ3v) is 4.49. The zero-order chi connectivity index (χ0) is 13.2. The van der Waals surface area contributed by atoms with Gasteiger partial charge in [-0.05, 0) is 30.4 Å². The summed E-state index contributed by atoms with van der Waals surface area (Å²) in [5.41, 5.74) is 2.70. The lowest BCUT2D eigenvalue weighted by atomic mass is 9.42. The number of nitriles is 1. The van der Waals surface area contributed by atoms with Crippen LogP contribution >= 0.6 is 0 Å². The quantitative estimate of drug-likeness (QED) is 0.742. The Morgan fingerprint density at radius 1 is 1.32 bits per heavy atom. The molecular weight excluding hydrogens is 231 g/mol. The van der Waals surface area contributed by atoms with Gasteiger partial charge in [-0.3, -0.25) is 0 Å². The Morgan fingerprint density at radius 2 is 2.05 bits per heavy atom. The minimum absolute atomic E-state index is 0.304. The van der Waals surface area contributed by atoms with Crippen LogP contribution in [0.1, 0.15) is 18.5 Å². The molecule has 0 saturated carbocycles. The van der Waals surface area contributed by atoms with Crippen LogP contribution in [0.15, 0.2) is 30.3 Å². The van der Waals surface area contributed by atoms with Crippen molar-refractivity contribution < 1.29 is 0 Å². The van der Waals surface area contributed by atoms with Crippen molar-refractivity contribution in [1.29, 1.82) is 5.26 Å². The molecule has 19 heavy (non-hydrogen) atoms. The molecule has 1 fully saturated rings. The Labute approximate surface area is 115 Å². The third-order valence-electron chi connectivity index (χ3n) is 4.49. The molecule has 0 atom stereocenters. The summed E-state index contributed by atoms with van der Waals surface area (Å²) >= 11 is 0. The van der Waals surface area contributed by atoms with Gasteiger partial charge in [0.15, 0.2) is 0 Å². The van der Waals surface area contributed by atoms with E-state index in [-0.39, 0.29) is 0 Å². The maximum atomic E-state index is 8.96. The highest BCUT2D eigenvalue weighted by Crippen LogP contribution is 2.29. The van der Waals surface area contributed by atoms with Gasteiger partial charge in [-0.15, -0.1) is 0 Å². The largest absolute Gasteiger partial charge is 0.345 e. The van der Waals surface area contributed by atoms with Crippen molar-refractivity contribution in [3.63, 3.8) is 0 Å². The van der Waals surface area contributed by atoms with Crippen molar-refractivity contribution in [2.24, 2.45) is 5.92 Å². The molecule has 2 aromatic rings. The molecule has 1 saturated heterocycles. The molecule has 96 valence electrons. The molecule has 1 aromatic carbocycles. The van der Waals surface area contributed by atoms with Crippen LogP contribution in [-0.2, 0) is 6.54 Å². The predicted octanol–water partition coefficient (Wildman–Crippen LogP) is 3.92. The lowest BCUT2D eigenvalue weighted by Crippen LogP contribution is -2.23. The van der Waals surface area contributed by atoms with E-state index in [1.54, 1.807) is 0 Å². The molecule has 1 aromatic heterocycles. The first-order valence-corrected chi connectivity index (χ1v) is 7.22. The highest BCUT2D eigenvalue weighted by molar-refractivity contribution is 6.67. The number of fused-ring (bicyclic) bond motifs is 1. The van der Waals surface area contributed by atoms with Crippen LogP contribution in [0.5, 0.6) is 0 Å². The number of hydrogen-bond acceptors (Lipinski definition) is 1. The zero-order valence-electron chi connectivity index (χ0n) is 11.5. The SMILES string of the molecule is Cc1cc2ccccc2n1CC1CCB(C#N)CC1. The van der Waals surface area contributed by atoms with E-state index in [2.05, 4.69) is 47.8 Å². The van der Waals surface area contributed by atoms with E-state index in [9.17, 15) is 0 Å². The average Bonchev–Trinajstić information content (AvgIpc) is 2.76. The number of nitrogens with zero attached hydrogens (tertiary/aromatic N) is 2. The van der Waals surface area contributed by atoms with Crippen LogP contribution < -0.4 is 0 Å². The smallest absolute Gasteiger partial charge is 0.267 e. The van der Waals surface area contributed by atoms with E-state index < -0.39 is 0 Å². The van der Waals surface area contributed by atoms with Crippen LogP contribution in [0.2, 0.25) is 12.6 Å². The first-order valence-electron chi connectivity index (χ1n) is 7.22. The lowest BCUT2D eigenvalue weighted by molar-refractivity contribution is 0.407. The Balaban J connectivity index is 1.79. The summed E-state index contributed by atoms with van der Waals surface area (Å²) in [5.74, 6) is 3.15. The van der Waals surface area contributed by atoms with E-state index in [1.165, 1.54) is 29.4 Å². The summed E-state index contributed by atoms with van der Waals surface area (Å²) in [6, 6.07) is 10.9. The van der Waals surface area contributed by atoms with Gasteiger partial charge in [-0.25, -0.2) is 5.26 Å². The zero-order valence-corrected chi connectivity index (χ0v) is 11.5. The molecule has 3 heteroatoms. The van der Waals surface area contributed by atoms with Crippen LogP contribution in [-0.4, -0.2) is 11.3 Å². The average molecular weight is 250 g/mol. The van der Waals surface area contributed by atoms with Crippen molar-refractivity contribution in [3.8, 4) is 5.97 Å². The van der Waals surface area contributed by atoms with Gasteiger partial charge < -0.3 is 4.57 Å². The summed E-state index contributed by atoms with van der Waals surface area (Å²) in [5, 5.41) is 10.3. The molecule has 0 N–H and O–H groups in total. The van der Waals surface area contributed by atoms with Crippen LogP contribution in [0, 0.1) is 24.1 Å². The van der Waals surface area contributed by atoms with Crippen LogP contribution in [0.4, 0.5) is 0 Å². The number of benzene rings is 1. The van der Waals surface area contributed by atoms with Gasteiger partial charge in [0, 0.05) is 23.7 Å². The standard InChI is InChI=1S/C16H19BN2/c1-13-10-15-4-2-3-5-16(15)19(13)11-14-6-8-17(12-18)9-7-14/h2-5,10,14H,6-9,11H2,1H3. The van der Waals surface area contributed by atoms with Gasteiger partial charge in [-0.1, -0.05) is 43.7 Å². The minimum Gasteiger partial charge on any atom is -0.345 e. The highest BCUT2D eigenvalue weighted by atomic mass is 15.0. The molecule has 0 bridgehead atoms. The monoisotopic (exact) mass is 250 g/mol. The van der Waals surface area contributed by atoms with Crippen LogP contribution in [0.3, 0.4) is 0 Å². The van der Waals surface area contributed by atoms with Crippen molar-refractivity contribution in [3.05, 3.63) is 36.0 Å². The van der Waals surface area contributed by atoms with Crippen molar-refractivity contribution in [2.45, 2.75) is 39.0 Å². The van der Waals surface area contributed by atoms with E-state index in [1.807, 2.05) is 0 Å². The van der Waals surface area contributed by atoms with Crippen molar-refractivity contribution in [2.75, 3.05) is 0 Å². The molecule has 2 nitrogen and oxygen atoms in total. The molecule has 1 aliphatic heterocycles. The molecule has 1 aliphatic rings. The third kappa shape index (κ3) is 2.40. The number of para-hydroxylation sites is 1. The first kappa shape index (κ1) is 12.4. The highest BCUT2D eigenvalue weighted by Gasteiger charge is 2.24. The fraction of sp³-hybridized carbons (Fsp3) is 0.438. The van der Waals surface area contributed by atoms with Gasteiger partial charge >= 0.3 is 0 Å². The van der Waals surface area contributed by atoms with E-state index in [0.717, 1.165) is 25.1 Å². The first-order chi connectivity index (χ1) is 9.28. The Morgan fingerprint density at radius 3 is 2.79 bits per heavy atom. The van der Waals surface area contributed by atoms with Crippen LogP contribution in [0.25, 0.3) is 10.9 Å². The molecule has 3 rings (SSSR count). The second-order valence-electron chi connectivity index (χ2n) is 5.80. The molecular formula is C16H19BN2. The maximum Gasteiger partial charge on any atom is 0.267 e. The number of aryl methyl sites for hydroxylation is 1. The number of aromatic nitrogens is 1. The fourth-order valence-corrected chi connectivity index (χ4v) is 3.32. The number of hydrogen-bond donors (Lipinski definition) is 0.